The van der Waals surface area contributed by atoms with Crippen LogP contribution in [0.3, 0.4) is 0 Å². The Labute approximate surface area is 104 Å². The molecule has 0 aliphatic carbocycles. The van der Waals surface area contributed by atoms with Crippen molar-refractivity contribution in [3.05, 3.63) is 24.3 Å². The number of methoxy groups -OCH3 is 1. The third-order valence-corrected chi connectivity index (χ3v) is 2.34. The molecule has 3 heteroatoms. The lowest BCUT2D eigenvalue weighted by Gasteiger charge is -1.98. The summed E-state index contributed by atoms with van der Waals surface area (Å²) in [5, 5.41) is 0. The number of esters is 1. The molecule has 0 aromatic carbocycles. The zero-order valence-corrected chi connectivity index (χ0v) is 10.8. The summed E-state index contributed by atoms with van der Waals surface area (Å²) in [5.74, 6) is -0.0383. The van der Waals surface area contributed by atoms with E-state index in [9.17, 15) is 9.59 Å². The molecule has 0 rings (SSSR count). The normalized spacial score (nSPS) is 11.2. The minimum atomic E-state index is -0.345. The summed E-state index contributed by atoms with van der Waals surface area (Å²) in [7, 11) is 1.35. The topological polar surface area (TPSA) is 43.4 Å². The van der Waals surface area contributed by atoms with Crippen LogP contribution in [0.4, 0.5) is 0 Å². The predicted molar refractivity (Wildman–Crippen MR) is 68.7 cm³/mol. The molecular weight excluding hydrogens is 216 g/mol. The Hall–Kier alpha value is -1.38. The van der Waals surface area contributed by atoms with Crippen LogP contribution < -0.4 is 0 Å². The first-order valence-electron chi connectivity index (χ1n) is 6.08. The number of carbonyl (C=O) groups excluding carboxylic acids is 2. The number of hydrogen-bond acceptors (Lipinski definition) is 3. The van der Waals surface area contributed by atoms with Crippen molar-refractivity contribution in [2.24, 2.45) is 0 Å². The highest BCUT2D eigenvalue weighted by Gasteiger charge is 2.00. The van der Waals surface area contributed by atoms with Gasteiger partial charge in [0.1, 0.15) is 5.78 Å². The Bertz CT molecular complexity index is 277. The van der Waals surface area contributed by atoms with Crippen LogP contribution in [-0.2, 0) is 14.3 Å². The molecule has 0 aliphatic heterocycles. The van der Waals surface area contributed by atoms with Crippen molar-refractivity contribution in [3.8, 4) is 0 Å². The monoisotopic (exact) mass is 238 g/mol. The first kappa shape index (κ1) is 15.6. The molecule has 17 heavy (non-hydrogen) atoms. The predicted octanol–water partition coefficient (Wildman–Crippen LogP) is 3.20. The lowest BCUT2D eigenvalue weighted by Crippen LogP contribution is -1.97. The van der Waals surface area contributed by atoms with Gasteiger partial charge in [-0.05, 0) is 32.6 Å². The molecule has 0 aliphatic rings. The van der Waals surface area contributed by atoms with E-state index in [-0.39, 0.29) is 5.97 Å². The summed E-state index contributed by atoms with van der Waals surface area (Å²) >= 11 is 0. The molecule has 3 nitrogen and oxygen atoms in total. The number of Topliss-reactive ketones (excluding diaryl/α,β-unsaturated/α-hetero) is 1. The van der Waals surface area contributed by atoms with Crippen molar-refractivity contribution in [1.29, 1.82) is 0 Å². The Balaban J connectivity index is 3.45. The summed E-state index contributed by atoms with van der Waals surface area (Å²) in [6.07, 6.45) is 11.9. The number of rotatable bonds is 9. The largest absolute Gasteiger partial charge is 0.466 e. The van der Waals surface area contributed by atoms with E-state index >= 15 is 0 Å². The van der Waals surface area contributed by atoms with E-state index in [1.54, 1.807) is 6.08 Å². The van der Waals surface area contributed by atoms with Gasteiger partial charge < -0.3 is 4.74 Å². The van der Waals surface area contributed by atoms with Gasteiger partial charge in [0.15, 0.2) is 0 Å². The van der Waals surface area contributed by atoms with Crippen LogP contribution in [0.5, 0.6) is 0 Å². The SMILES string of the molecule is C/C=C/CCCC(=O)CCC/C=C/C(=O)OC. The maximum atomic E-state index is 11.4. The van der Waals surface area contributed by atoms with Crippen LogP contribution in [0.1, 0.15) is 45.4 Å². The van der Waals surface area contributed by atoms with Crippen molar-refractivity contribution in [3.63, 3.8) is 0 Å². The van der Waals surface area contributed by atoms with Crippen molar-refractivity contribution >= 4 is 11.8 Å². The highest BCUT2D eigenvalue weighted by atomic mass is 16.5. The Morgan fingerprint density at radius 1 is 1.06 bits per heavy atom. The molecule has 0 saturated carbocycles. The summed E-state index contributed by atoms with van der Waals surface area (Å²) in [6.45, 7) is 1.98. The van der Waals surface area contributed by atoms with Crippen molar-refractivity contribution in [2.45, 2.75) is 45.4 Å². The van der Waals surface area contributed by atoms with Crippen LogP contribution in [0, 0.1) is 0 Å². The van der Waals surface area contributed by atoms with Crippen LogP contribution in [-0.4, -0.2) is 18.9 Å². The van der Waals surface area contributed by atoms with E-state index in [2.05, 4.69) is 10.8 Å². The molecule has 0 spiro atoms. The summed E-state index contributed by atoms with van der Waals surface area (Å²) in [6, 6.07) is 0. The van der Waals surface area contributed by atoms with Gasteiger partial charge in [-0.1, -0.05) is 18.2 Å². The first-order valence-corrected chi connectivity index (χ1v) is 6.08. The van der Waals surface area contributed by atoms with Crippen molar-refractivity contribution in [1.82, 2.24) is 0 Å². The minimum Gasteiger partial charge on any atom is -0.466 e. The van der Waals surface area contributed by atoms with Gasteiger partial charge >= 0.3 is 5.97 Å². The number of hydrogen-bond donors (Lipinski definition) is 0. The van der Waals surface area contributed by atoms with E-state index in [0.717, 1.165) is 25.7 Å². The number of allylic oxidation sites excluding steroid dienone is 3. The van der Waals surface area contributed by atoms with Crippen molar-refractivity contribution < 1.29 is 14.3 Å². The molecule has 0 heterocycles. The summed E-state index contributed by atoms with van der Waals surface area (Å²) in [4.78, 5) is 22.1. The fourth-order valence-corrected chi connectivity index (χ4v) is 1.37. The van der Waals surface area contributed by atoms with Gasteiger partial charge in [0, 0.05) is 18.9 Å². The molecule has 96 valence electrons. The van der Waals surface area contributed by atoms with E-state index in [4.69, 9.17) is 0 Å². The van der Waals surface area contributed by atoms with Crippen LogP contribution in [0.2, 0.25) is 0 Å². The average molecular weight is 238 g/mol. The smallest absolute Gasteiger partial charge is 0.330 e. The van der Waals surface area contributed by atoms with E-state index in [0.29, 0.717) is 18.6 Å². The zero-order valence-electron chi connectivity index (χ0n) is 10.8. The fourth-order valence-electron chi connectivity index (χ4n) is 1.37. The quantitative estimate of drug-likeness (QED) is 0.268. The zero-order chi connectivity index (χ0) is 12.9. The maximum Gasteiger partial charge on any atom is 0.330 e. The van der Waals surface area contributed by atoms with Gasteiger partial charge in [0.2, 0.25) is 0 Å². The molecule has 0 fully saturated rings. The molecule has 0 aromatic heterocycles. The number of unbranched alkanes of at least 4 members (excludes halogenated alkanes) is 2. The highest BCUT2D eigenvalue weighted by molar-refractivity contribution is 5.81. The first-order chi connectivity index (χ1) is 8.20. The third kappa shape index (κ3) is 10.9. The van der Waals surface area contributed by atoms with Crippen molar-refractivity contribution in [2.75, 3.05) is 7.11 Å². The standard InChI is InChI=1S/C14H22O3/c1-3-4-5-7-10-13(15)11-8-6-9-12-14(16)17-2/h3-4,9,12H,5-8,10-11H2,1-2H3/b4-3+,12-9+. The maximum absolute atomic E-state index is 11.4. The van der Waals surface area contributed by atoms with E-state index < -0.39 is 0 Å². The molecule has 0 atom stereocenters. The number of ether oxygens (including phenoxy) is 1. The van der Waals surface area contributed by atoms with Gasteiger partial charge in [-0.2, -0.15) is 0 Å². The van der Waals surface area contributed by atoms with Crippen LogP contribution in [0.15, 0.2) is 24.3 Å². The molecule has 0 aromatic rings. The third-order valence-electron chi connectivity index (χ3n) is 2.34. The Morgan fingerprint density at radius 3 is 2.18 bits per heavy atom. The second-order valence-electron chi connectivity index (χ2n) is 3.82. The molecule has 0 saturated heterocycles. The molecule has 0 N–H and O–H groups in total. The van der Waals surface area contributed by atoms with E-state index in [1.165, 1.54) is 13.2 Å². The van der Waals surface area contributed by atoms with Gasteiger partial charge in [0.05, 0.1) is 7.11 Å². The minimum absolute atomic E-state index is 0.306. The highest BCUT2D eigenvalue weighted by Crippen LogP contribution is 2.04. The molecular formula is C14H22O3. The average Bonchev–Trinajstić information content (AvgIpc) is 2.34. The Morgan fingerprint density at radius 2 is 1.65 bits per heavy atom. The van der Waals surface area contributed by atoms with Crippen LogP contribution in [0.25, 0.3) is 0 Å². The van der Waals surface area contributed by atoms with Gasteiger partial charge in [-0.3, -0.25) is 4.79 Å². The lowest BCUT2D eigenvalue weighted by molar-refractivity contribution is -0.134. The lowest BCUT2D eigenvalue weighted by atomic mass is 10.1. The molecule has 0 unspecified atom stereocenters. The number of ketones is 1. The summed E-state index contributed by atoms with van der Waals surface area (Å²) < 4.78 is 4.45. The second-order valence-corrected chi connectivity index (χ2v) is 3.82. The van der Waals surface area contributed by atoms with Gasteiger partial charge in [-0.25, -0.2) is 4.79 Å². The van der Waals surface area contributed by atoms with E-state index in [1.807, 2.05) is 13.0 Å². The number of carbonyl (C=O) groups is 2. The molecule has 0 bridgehead atoms. The van der Waals surface area contributed by atoms with Gasteiger partial charge in [-0.15, -0.1) is 0 Å². The molecule has 0 radical (unpaired) electrons. The fraction of sp³-hybridized carbons (Fsp3) is 0.571. The summed E-state index contributed by atoms with van der Waals surface area (Å²) in [5.41, 5.74) is 0. The Kier molecular flexibility index (Phi) is 10.2. The van der Waals surface area contributed by atoms with Crippen LogP contribution >= 0.6 is 0 Å². The second kappa shape index (κ2) is 11.1. The molecule has 0 amide bonds. The van der Waals surface area contributed by atoms with Gasteiger partial charge in [0.25, 0.3) is 0 Å².